The topological polar surface area (TPSA) is 71.8 Å². The lowest BCUT2D eigenvalue weighted by Crippen LogP contribution is -2.34. The Bertz CT molecular complexity index is 1170. The van der Waals surface area contributed by atoms with Crippen LogP contribution in [-0.2, 0) is 29.1 Å². The average molecular weight is 455 g/mol. The number of nitrogens with one attached hydrogen (secondary N) is 1. The Morgan fingerprint density at radius 2 is 1.50 bits per heavy atom. The number of hydrogen-bond acceptors (Lipinski definition) is 4. The Labute approximate surface area is 198 Å². The molecule has 6 nitrogen and oxygen atoms in total. The monoisotopic (exact) mass is 454 g/mol. The van der Waals surface area contributed by atoms with Gasteiger partial charge in [0.2, 0.25) is 5.91 Å². The molecule has 0 saturated heterocycles. The molecule has 4 aromatic rings. The smallest absolute Gasteiger partial charge is 0.265 e. The quantitative estimate of drug-likeness (QED) is 0.375. The molecule has 3 aromatic carbocycles. The Hall–Kier alpha value is -4.32. The van der Waals surface area contributed by atoms with E-state index in [-0.39, 0.29) is 24.8 Å². The average Bonchev–Trinajstić information content (AvgIpc) is 3.40. The van der Waals surface area contributed by atoms with E-state index in [1.807, 2.05) is 91.0 Å². The lowest BCUT2D eigenvalue weighted by Gasteiger charge is -2.23. The van der Waals surface area contributed by atoms with Gasteiger partial charge < -0.3 is 19.4 Å². The van der Waals surface area contributed by atoms with Gasteiger partial charge in [-0.25, -0.2) is 0 Å². The Kier molecular flexibility index (Phi) is 7.74. The minimum absolute atomic E-state index is 0.0756. The second-order valence-electron chi connectivity index (χ2n) is 7.77. The first kappa shape index (κ1) is 22.9. The van der Waals surface area contributed by atoms with Gasteiger partial charge in [-0.05, 0) is 47.5 Å². The van der Waals surface area contributed by atoms with Gasteiger partial charge in [0, 0.05) is 5.69 Å². The fourth-order valence-electron chi connectivity index (χ4n) is 3.47. The molecule has 1 heterocycles. The van der Waals surface area contributed by atoms with Crippen molar-refractivity contribution in [2.24, 2.45) is 0 Å². The Morgan fingerprint density at radius 3 is 2.18 bits per heavy atom. The van der Waals surface area contributed by atoms with Gasteiger partial charge in [0.25, 0.3) is 5.91 Å². The van der Waals surface area contributed by atoms with E-state index in [1.165, 1.54) is 0 Å². The summed E-state index contributed by atoms with van der Waals surface area (Å²) in [6.07, 6.45) is 1.82. The van der Waals surface area contributed by atoms with Crippen LogP contribution in [0.15, 0.2) is 108 Å². The van der Waals surface area contributed by atoms with Crippen molar-refractivity contribution in [2.75, 3.05) is 11.5 Å². The summed E-state index contributed by atoms with van der Waals surface area (Å²) in [7, 11) is 0. The molecule has 172 valence electrons. The maximum Gasteiger partial charge on any atom is 0.265 e. The number of furan rings is 1. The van der Waals surface area contributed by atoms with E-state index in [9.17, 15) is 9.59 Å². The molecule has 0 unspecified atom stereocenters. The molecular formula is C28H26N2O4. The molecule has 0 saturated carbocycles. The molecule has 0 fully saturated rings. The summed E-state index contributed by atoms with van der Waals surface area (Å²) in [5.41, 5.74) is 2.61. The van der Waals surface area contributed by atoms with Gasteiger partial charge in [0.05, 0.1) is 25.8 Å². The van der Waals surface area contributed by atoms with Crippen LogP contribution in [0.25, 0.3) is 0 Å². The van der Waals surface area contributed by atoms with Crippen LogP contribution in [0.3, 0.4) is 0 Å². The first-order valence-corrected chi connectivity index (χ1v) is 11.1. The van der Waals surface area contributed by atoms with Crippen molar-refractivity contribution >= 4 is 17.5 Å². The van der Waals surface area contributed by atoms with Gasteiger partial charge in [-0.1, -0.05) is 60.7 Å². The van der Waals surface area contributed by atoms with E-state index in [2.05, 4.69) is 5.32 Å². The maximum absolute atomic E-state index is 13.1. The summed E-state index contributed by atoms with van der Waals surface area (Å²) in [6.45, 7) is 0.694. The third kappa shape index (κ3) is 6.59. The summed E-state index contributed by atoms with van der Waals surface area (Å²) >= 11 is 0. The number of nitrogens with zero attached hydrogens (tertiary/aromatic N) is 1. The minimum atomic E-state index is -0.156. The van der Waals surface area contributed by atoms with E-state index >= 15 is 0 Å². The third-order valence-corrected chi connectivity index (χ3v) is 5.24. The SMILES string of the molecule is O=C(Cc1ccc(N(Cc2ccccc2)C(=O)COc2ccccc2)cc1)NCc1ccco1. The standard InChI is InChI=1S/C28H26N2O4/c31-27(29-19-26-12-7-17-33-26)18-22-13-15-24(16-14-22)30(20-23-8-3-1-4-9-23)28(32)21-34-25-10-5-2-6-11-25/h1-17H,18-21H2,(H,29,31). The molecule has 0 atom stereocenters. The van der Waals surface area contributed by atoms with Gasteiger partial charge in [0.15, 0.2) is 6.61 Å². The van der Waals surface area contributed by atoms with Crippen molar-refractivity contribution in [3.8, 4) is 5.75 Å². The predicted molar refractivity (Wildman–Crippen MR) is 130 cm³/mol. The second kappa shape index (κ2) is 11.5. The first-order valence-electron chi connectivity index (χ1n) is 11.1. The molecular weight excluding hydrogens is 428 g/mol. The highest BCUT2D eigenvalue weighted by molar-refractivity contribution is 5.94. The molecule has 2 amide bonds. The number of para-hydroxylation sites is 1. The summed E-state index contributed by atoms with van der Waals surface area (Å²) in [5, 5.41) is 2.84. The van der Waals surface area contributed by atoms with Crippen molar-refractivity contribution in [3.05, 3.63) is 120 Å². The normalized spacial score (nSPS) is 10.5. The summed E-state index contributed by atoms with van der Waals surface area (Å²) in [5.74, 6) is 1.09. The van der Waals surface area contributed by atoms with Crippen LogP contribution in [0.5, 0.6) is 5.75 Å². The lowest BCUT2D eigenvalue weighted by molar-refractivity contribution is -0.121. The van der Waals surface area contributed by atoms with Crippen LogP contribution in [-0.4, -0.2) is 18.4 Å². The van der Waals surface area contributed by atoms with Gasteiger partial charge in [-0.15, -0.1) is 0 Å². The highest BCUT2D eigenvalue weighted by Gasteiger charge is 2.17. The molecule has 1 N–H and O–H groups in total. The zero-order valence-corrected chi connectivity index (χ0v) is 18.7. The summed E-state index contributed by atoms with van der Waals surface area (Å²) < 4.78 is 10.9. The molecule has 0 spiro atoms. The van der Waals surface area contributed by atoms with Crippen LogP contribution in [0.2, 0.25) is 0 Å². The fraction of sp³-hybridized carbons (Fsp3) is 0.143. The molecule has 0 radical (unpaired) electrons. The molecule has 34 heavy (non-hydrogen) atoms. The number of anilines is 1. The highest BCUT2D eigenvalue weighted by Crippen LogP contribution is 2.20. The fourth-order valence-corrected chi connectivity index (χ4v) is 3.47. The first-order chi connectivity index (χ1) is 16.7. The Balaban J connectivity index is 1.42. The molecule has 6 heteroatoms. The molecule has 1 aromatic heterocycles. The van der Waals surface area contributed by atoms with Crippen LogP contribution < -0.4 is 15.0 Å². The van der Waals surface area contributed by atoms with Crippen LogP contribution >= 0.6 is 0 Å². The van der Waals surface area contributed by atoms with Crippen molar-refractivity contribution in [1.29, 1.82) is 0 Å². The minimum Gasteiger partial charge on any atom is -0.484 e. The summed E-state index contributed by atoms with van der Waals surface area (Å²) in [4.78, 5) is 27.1. The highest BCUT2D eigenvalue weighted by atomic mass is 16.5. The van der Waals surface area contributed by atoms with Gasteiger partial charge >= 0.3 is 0 Å². The van der Waals surface area contributed by atoms with E-state index < -0.39 is 0 Å². The van der Waals surface area contributed by atoms with Crippen molar-refractivity contribution in [1.82, 2.24) is 5.32 Å². The van der Waals surface area contributed by atoms with Crippen LogP contribution in [0.4, 0.5) is 5.69 Å². The lowest BCUT2D eigenvalue weighted by atomic mass is 10.1. The third-order valence-electron chi connectivity index (χ3n) is 5.24. The number of carbonyl (C=O) groups is 2. The maximum atomic E-state index is 13.1. The Morgan fingerprint density at radius 1 is 0.794 bits per heavy atom. The van der Waals surface area contributed by atoms with Gasteiger partial charge in [0.1, 0.15) is 11.5 Å². The predicted octanol–water partition coefficient (Wildman–Crippen LogP) is 4.75. The summed E-state index contributed by atoms with van der Waals surface area (Å²) in [6, 6.07) is 30.1. The number of benzene rings is 3. The zero-order chi connectivity index (χ0) is 23.6. The number of rotatable bonds is 10. The second-order valence-corrected chi connectivity index (χ2v) is 7.77. The van der Waals surface area contributed by atoms with E-state index in [0.29, 0.717) is 24.6 Å². The molecule has 0 bridgehead atoms. The van der Waals surface area contributed by atoms with Gasteiger partial charge in [-0.2, -0.15) is 0 Å². The van der Waals surface area contributed by atoms with E-state index in [4.69, 9.17) is 9.15 Å². The molecule has 0 aliphatic carbocycles. The number of hydrogen-bond donors (Lipinski definition) is 1. The van der Waals surface area contributed by atoms with E-state index in [0.717, 1.165) is 16.8 Å². The molecule has 0 aliphatic rings. The van der Waals surface area contributed by atoms with Crippen molar-refractivity contribution in [3.63, 3.8) is 0 Å². The zero-order valence-electron chi connectivity index (χ0n) is 18.7. The van der Waals surface area contributed by atoms with Crippen molar-refractivity contribution < 1.29 is 18.7 Å². The van der Waals surface area contributed by atoms with Gasteiger partial charge in [-0.3, -0.25) is 9.59 Å². The van der Waals surface area contributed by atoms with Crippen LogP contribution in [0.1, 0.15) is 16.9 Å². The van der Waals surface area contributed by atoms with Crippen LogP contribution in [0, 0.1) is 0 Å². The largest absolute Gasteiger partial charge is 0.484 e. The van der Waals surface area contributed by atoms with Crippen molar-refractivity contribution in [2.45, 2.75) is 19.5 Å². The number of amides is 2. The molecule has 0 aliphatic heterocycles. The number of carbonyl (C=O) groups excluding carboxylic acids is 2. The van der Waals surface area contributed by atoms with E-state index in [1.54, 1.807) is 17.2 Å². The number of ether oxygens (including phenoxy) is 1. The molecule has 4 rings (SSSR count).